The van der Waals surface area contributed by atoms with Crippen molar-refractivity contribution in [3.63, 3.8) is 0 Å². The zero-order valence-electron chi connectivity index (χ0n) is 6.96. The monoisotopic (exact) mass is 175 g/mol. The molecule has 1 heterocycles. The van der Waals surface area contributed by atoms with E-state index in [4.69, 9.17) is 5.73 Å². The van der Waals surface area contributed by atoms with Crippen molar-refractivity contribution in [2.24, 2.45) is 5.73 Å². The van der Waals surface area contributed by atoms with Gasteiger partial charge >= 0.3 is 0 Å². The smallest absolute Gasteiger partial charge is 0.170 e. The van der Waals surface area contributed by atoms with Crippen molar-refractivity contribution in [1.29, 1.82) is 0 Å². The zero-order chi connectivity index (χ0) is 9.10. The molecular weight excluding hydrogens is 166 g/mol. The van der Waals surface area contributed by atoms with Gasteiger partial charge in [0.25, 0.3) is 0 Å². The number of hydrogen-bond donors (Lipinski definition) is 1. The number of nitrogens with zero attached hydrogens (tertiary/aromatic N) is 4. The molecule has 1 aromatic carbocycles. The molecule has 1 aromatic heterocycles. The number of para-hydroxylation sites is 1. The summed E-state index contributed by atoms with van der Waals surface area (Å²) < 4.78 is 1.62. The Labute approximate surface area is 75.2 Å². The normalized spacial score (nSPS) is 10.2. The molecule has 2 aromatic rings. The summed E-state index contributed by atoms with van der Waals surface area (Å²) in [6, 6.07) is 9.65. The molecule has 0 aliphatic heterocycles. The van der Waals surface area contributed by atoms with Crippen molar-refractivity contribution in [3.8, 4) is 5.69 Å². The maximum atomic E-state index is 5.47. The van der Waals surface area contributed by atoms with E-state index in [1.54, 1.807) is 4.68 Å². The van der Waals surface area contributed by atoms with E-state index in [-0.39, 0.29) is 0 Å². The topological polar surface area (TPSA) is 69.6 Å². The first-order valence-corrected chi connectivity index (χ1v) is 3.94. The Morgan fingerprint density at radius 1 is 1.23 bits per heavy atom. The molecule has 0 fully saturated rings. The third-order valence-corrected chi connectivity index (χ3v) is 1.72. The predicted molar refractivity (Wildman–Crippen MR) is 47.0 cm³/mol. The SMILES string of the molecule is NCc1nnnn1-c1ccccc1. The van der Waals surface area contributed by atoms with Crippen LogP contribution < -0.4 is 5.73 Å². The standard InChI is InChI=1S/C8H9N5/c9-6-8-10-11-12-13(8)7-4-2-1-3-5-7/h1-5H,6,9H2. The highest BCUT2D eigenvalue weighted by Crippen LogP contribution is 2.05. The van der Waals surface area contributed by atoms with Gasteiger partial charge < -0.3 is 5.73 Å². The minimum atomic E-state index is 0.335. The lowest BCUT2D eigenvalue weighted by Gasteiger charge is -2.00. The van der Waals surface area contributed by atoms with Crippen LogP contribution in [0.3, 0.4) is 0 Å². The molecule has 66 valence electrons. The predicted octanol–water partition coefficient (Wildman–Crippen LogP) is 0.121. The maximum absolute atomic E-state index is 5.47. The van der Waals surface area contributed by atoms with Crippen molar-refractivity contribution in [2.45, 2.75) is 6.54 Å². The molecule has 0 unspecified atom stereocenters. The van der Waals surface area contributed by atoms with E-state index >= 15 is 0 Å². The van der Waals surface area contributed by atoms with Gasteiger partial charge in [0.2, 0.25) is 0 Å². The fourth-order valence-electron chi connectivity index (χ4n) is 1.10. The van der Waals surface area contributed by atoms with E-state index in [9.17, 15) is 0 Å². The molecule has 0 aliphatic carbocycles. The summed E-state index contributed by atoms with van der Waals surface area (Å²) in [5.41, 5.74) is 6.39. The van der Waals surface area contributed by atoms with E-state index in [0.717, 1.165) is 5.69 Å². The molecule has 5 heteroatoms. The van der Waals surface area contributed by atoms with Crippen LogP contribution in [0.5, 0.6) is 0 Å². The second kappa shape index (κ2) is 3.32. The molecule has 0 amide bonds. The van der Waals surface area contributed by atoms with E-state index in [2.05, 4.69) is 15.5 Å². The van der Waals surface area contributed by atoms with E-state index in [1.807, 2.05) is 30.3 Å². The lowest BCUT2D eigenvalue weighted by Crippen LogP contribution is -2.07. The summed E-state index contributed by atoms with van der Waals surface area (Å²) >= 11 is 0. The van der Waals surface area contributed by atoms with Crippen LogP contribution >= 0.6 is 0 Å². The zero-order valence-corrected chi connectivity index (χ0v) is 6.96. The van der Waals surface area contributed by atoms with E-state index in [0.29, 0.717) is 12.4 Å². The first kappa shape index (κ1) is 7.88. The molecule has 0 atom stereocenters. The van der Waals surface area contributed by atoms with E-state index in [1.165, 1.54) is 0 Å². The summed E-state index contributed by atoms with van der Waals surface area (Å²) in [5, 5.41) is 11.2. The lowest BCUT2D eigenvalue weighted by atomic mass is 10.3. The summed E-state index contributed by atoms with van der Waals surface area (Å²) in [4.78, 5) is 0. The average Bonchev–Trinajstić information content (AvgIpc) is 2.67. The first-order valence-electron chi connectivity index (χ1n) is 3.94. The van der Waals surface area contributed by atoms with Gasteiger partial charge in [-0.2, -0.15) is 4.68 Å². The molecule has 0 spiro atoms. The molecule has 5 nitrogen and oxygen atoms in total. The first-order chi connectivity index (χ1) is 6.42. The molecule has 0 bridgehead atoms. The fraction of sp³-hybridized carbons (Fsp3) is 0.125. The van der Waals surface area contributed by atoms with Gasteiger partial charge in [-0.05, 0) is 22.6 Å². The molecule has 0 saturated carbocycles. The van der Waals surface area contributed by atoms with Gasteiger partial charge in [-0.15, -0.1) is 5.10 Å². The largest absolute Gasteiger partial charge is 0.324 e. The summed E-state index contributed by atoms with van der Waals surface area (Å²) in [7, 11) is 0. The van der Waals surface area contributed by atoms with Crippen LogP contribution in [-0.4, -0.2) is 20.2 Å². The number of hydrogen-bond acceptors (Lipinski definition) is 4. The second-order valence-corrected chi connectivity index (χ2v) is 2.55. The molecule has 0 saturated heterocycles. The van der Waals surface area contributed by atoms with E-state index < -0.39 is 0 Å². The number of rotatable bonds is 2. The van der Waals surface area contributed by atoms with Crippen LogP contribution in [0.1, 0.15) is 5.82 Å². The molecule has 13 heavy (non-hydrogen) atoms. The highest BCUT2D eigenvalue weighted by atomic mass is 15.5. The number of aromatic nitrogens is 4. The third kappa shape index (κ3) is 1.41. The maximum Gasteiger partial charge on any atom is 0.170 e. The van der Waals surface area contributed by atoms with Gasteiger partial charge in [-0.25, -0.2) is 0 Å². The molecule has 2 rings (SSSR count). The van der Waals surface area contributed by atoms with Crippen molar-refractivity contribution in [1.82, 2.24) is 20.2 Å². The van der Waals surface area contributed by atoms with Gasteiger partial charge in [0.05, 0.1) is 12.2 Å². The van der Waals surface area contributed by atoms with Gasteiger partial charge in [-0.3, -0.25) is 0 Å². The molecular formula is C8H9N5. The Morgan fingerprint density at radius 2 is 2.00 bits per heavy atom. The van der Waals surface area contributed by atoms with Crippen LogP contribution in [0.15, 0.2) is 30.3 Å². The van der Waals surface area contributed by atoms with Crippen LogP contribution in [0, 0.1) is 0 Å². The Balaban J connectivity index is 2.47. The molecule has 0 radical (unpaired) electrons. The van der Waals surface area contributed by atoms with Crippen LogP contribution in [0.4, 0.5) is 0 Å². The minimum absolute atomic E-state index is 0.335. The summed E-state index contributed by atoms with van der Waals surface area (Å²) in [5.74, 6) is 0.659. The minimum Gasteiger partial charge on any atom is -0.324 e. The van der Waals surface area contributed by atoms with Crippen LogP contribution in [0.2, 0.25) is 0 Å². The Morgan fingerprint density at radius 3 is 2.69 bits per heavy atom. The highest BCUT2D eigenvalue weighted by Gasteiger charge is 2.04. The Kier molecular flexibility index (Phi) is 2.01. The average molecular weight is 175 g/mol. The summed E-state index contributed by atoms with van der Waals surface area (Å²) in [6.07, 6.45) is 0. The van der Waals surface area contributed by atoms with Crippen molar-refractivity contribution >= 4 is 0 Å². The highest BCUT2D eigenvalue weighted by molar-refractivity contribution is 5.30. The second-order valence-electron chi connectivity index (χ2n) is 2.55. The van der Waals surface area contributed by atoms with Crippen molar-refractivity contribution in [2.75, 3.05) is 0 Å². The number of tetrazole rings is 1. The Hall–Kier alpha value is -1.75. The quantitative estimate of drug-likeness (QED) is 0.703. The van der Waals surface area contributed by atoms with Gasteiger partial charge in [0, 0.05) is 0 Å². The van der Waals surface area contributed by atoms with Gasteiger partial charge in [0.15, 0.2) is 5.82 Å². The third-order valence-electron chi connectivity index (χ3n) is 1.72. The fourth-order valence-corrected chi connectivity index (χ4v) is 1.10. The number of nitrogens with two attached hydrogens (primary N) is 1. The van der Waals surface area contributed by atoms with Crippen LogP contribution in [-0.2, 0) is 6.54 Å². The van der Waals surface area contributed by atoms with Crippen LogP contribution in [0.25, 0.3) is 5.69 Å². The van der Waals surface area contributed by atoms with Crippen molar-refractivity contribution < 1.29 is 0 Å². The molecule has 2 N–H and O–H groups in total. The van der Waals surface area contributed by atoms with Gasteiger partial charge in [0.1, 0.15) is 0 Å². The van der Waals surface area contributed by atoms with Crippen molar-refractivity contribution in [3.05, 3.63) is 36.2 Å². The number of benzene rings is 1. The lowest BCUT2D eigenvalue weighted by molar-refractivity contribution is 0.761. The Bertz CT molecular complexity index is 380. The summed E-state index contributed by atoms with van der Waals surface area (Å²) in [6.45, 7) is 0.335. The molecule has 0 aliphatic rings. The van der Waals surface area contributed by atoms with Gasteiger partial charge in [-0.1, -0.05) is 18.2 Å².